The molecule has 0 aliphatic heterocycles. The van der Waals surface area contributed by atoms with E-state index < -0.39 is 0 Å². The van der Waals surface area contributed by atoms with E-state index in [-0.39, 0.29) is 0 Å². The molecule has 0 N–H and O–H groups in total. The summed E-state index contributed by atoms with van der Waals surface area (Å²) in [6.45, 7) is 0. The van der Waals surface area contributed by atoms with E-state index in [2.05, 4.69) is 11.1 Å². The average Bonchev–Trinajstić information content (AvgIpc) is 2.31. The second-order valence-electron chi connectivity index (χ2n) is 3.36. The summed E-state index contributed by atoms with van der Waals surface area (Å²) in [7, 11) is 0. The molecule has 0 unspecified atom stereocenters. The van der Waals surface area contributed by atoms with Gasteiger partial charge in [0.2, 0.25) is 0 Å². The minimum atomic E-state index is 0.317. The summed E-state index contributed by atoms with van der Waals surface area (Å²) >= 11 is 5.87. The van der Waals surface area contributed by atoms with Crippen LogP contribution in [0.15, 0.2) is 42.6 Å². The minimum absolute atomic E-state index is 0.317. The van der Waals surface area contributed by atoms with Crippen LogP contribution < -0.4 is 0 Å². The topological polar surface area (TPSA) is 36.7 Å². The van der Waals surface area contributed by atoms with Crippen molar-refractivity contribution in [3.8, 4) is 17.3 Å². The van der Waals surface area contributed by atoms with Crippen molar-refractivity contribution >= 4 is 11.6 Å². The van der Waals surface area contributed by atoms with Crippen LogP contribution >= 0.6 is 11.6 Å². The Morgan fingerprint density at radius 2 is 2.00 bits per heavy atom. The highest BCUT2D eigenvalue weighted by Gasteiger charge is 2.06. The van der Waals surface area contributed by atoms with Gasteiger partial charge in [-0.15, -0.1) is 0 Å². The lowest BCUT2D eigenvalue weighted by atomic mass is 10.0. The van der Waals surface area contributed by atoms with Crippen LogP contribution in [0.1, 0.15) is 5.56 Å². The molecule has 16 heavy (non-hydrogen) atoms. The number of hydrogen-bond donors (Lipinski definition) is 0. The molecule has 1 aromatic heterocycles. The van der Waals surface area contributed by atoms with Crippen molar-refractivity contribution in [1.29, 1.82) is 5.26 Å². The second kappa shape index (κ2) is 4.78. The lowest BCUT2D eigenvalue weighted by Crippen LogP contribution is -1.92. The van der Waals surface area contributed by atoms with Crippen LogP contribution in [0.3, 0.4) is 0 Å². The molecule has 1 aromatic carbocycles. The molecule has 1 heterocycles. The van der Waals surface area contributed by atoms with Gasteiger partial charge in [-0.3, -0.25) is 4.98 Å². The molecule has 0 aliphatic rings. The van der Waals surface area contributed by atoms with Gasteiger partial charge in [-0.2, -0.15) is 5.26 Å². The maximum Gasteiger partial charge on any atom is 0.0745 e. The summed E-state index contributed by atoms with van der Waals surface area (Å²) in [4.78, 5) is 4.28. The molecule has 0 radical (unpaired) electrons. The van der Waals surface area contributed by atoms with Gasteiger partial charge in [-0.05, 0) is 11.6 Å². The summed E-state index contributed by atoms with van der Waals surface area (Å²) in [6.07, 6.45) is 1.92. The summed E-state index contributed by atoms with van der Waals surface area (Å²) in [5, 5.41) is 9.32. The first-order chi connectivity index (χ1) is 7.81. The fourth-order valence-electron chi connectivity index (χ4n) is 1.56. The first-order valence-corrected chi connectivity index (χ1v) is 5.26. The quantitative estimate of drug-likeness (QED) is 0.789. The molecule has 0 saturated heterocycles. The molecule has 2 rings (SSSR count). The zero-order valence-corrected chi connectivity index (χ0v) is 9.28. The zero-order valence-electron chi connectivity index (χ0n) is 8.52. The van der Waals surface area contributed by atoms with E-state index in [4.69, 9.17) is 16.9 Å². The second-order valence-corrected chi connectivity index (χ2v) is 3.80. The summed E-state index contributed by atoms with van der Waals surface area (Å²) in [6, 6.07) is 13.7. The van der Waals surface area contributed by atoms with Crippen molar-refractivity contribution in [2.75, 3.05) is 0 Å². The monoisotopic (exact) mass is 228 g/mol. The summed E-state index contributed by atoms with van der Waals surface area (Å²) in [5.41, 5.74) is 2.69. The number of rotatable bonds is 2. The first kappa shape index (κ1) is 10.7. The van der Waals surface area contributed by atoms with Crippen molar-refractivity contribution < 1.29 is 0 Å². The van der Waals surface area contributed by atoms with Crippen LogP contribution in [-0.2, 0) is 6.42 Å². The van der Waals surface area contributed by atoms with Crippen molar-refractivity contribution in [3.63, 3.8) is 0 Å². The molecular weight excluding hydrogens is 220 g/mol. The number of benzene rings is 1. The predicted molar refractivity (Wildman–Crippen MR) is 64.0 cm³/mol. The van der Waals surface area contributed by atoms with Crippen LogP contribution in [0, 0.1) is 11.3 Å². The lowest BCUT2D eigenvalue weighted by Gasteiger charge is -2.06. The molecule has 0 bridgehead atoms. The molecule has 0 saturated carbocycles. The highest BCUT2D eigenvalue weighted by molar-refractivity contribution is 6.30. The molecule has 0 atom stereocenters. The number of hydrogen-bond acceptors (Lipinski definition) is 2. The van der Waals surface area contributed by atoms with Crippen LogP contribution in [0.4, 0.5) is 0 Å². The molecule has 0 spiro atoms. The third-order valence-corrected chi connectivity index (χ3v) is 2.46. The Bertz CT molecular complexity index is 529. The Kier molecular flexibility index (Phi) is 3.19. The Hall–Kier alpha value is -1.85. The van der Waals surface area contributed by atoms with Crippen molar-refractivity contribution in [3.05, 3.63) is 53.2 Å². The number of nitriles is 1. The van der Waals surface area contributed by atoms with E-state index in [1.807, 2.05) is 30.3 Å². The number of pyridine rings is 1. The third kappa shape index (κ3) is 2.21. The molecule has 0 fully saturated rings. The van der Waals surface area contributed by atoms with Crippen LogP contribution in [0.2, 0.25) is 5.02 Å². The van der Waals surface area contributed by atoms with E-state index in [0.29, 0.717) is 11.4 Å². The van der Waals surface area contributed by atoms with Crippen LogP contribution in [0.25, 0.3) is 11.3 Å². The zero-order chi connectivity index (χ0) is 11.4. The van der Waals surface area contributed by atoms with Crippen LogP contribution in [-0.4, -0.2) is 4.98 Å². The molecular formula is C13H9ClN2. The molecule has 2 aromatic rings. The Morgan fingerprint density at radius 1 is 1.25 bits per heavy atom. The molecule has 78 valence electrons. The third-order valence-electron chi connectivity index (χ3n) is 2.25. The number of nitrogens with zero attached hydrogens (tertiary/aromatic N) is 2. The van der Waals surface area contributed by atoms with Gasteiger partial charge in [-0.1, -0.05) is 41.9 Å². The van der Waals surface area contributed by atoms with Gasteiger partial charge in [0.15, 0.2) is 0 Å². The Labute approximate surface area is 99.1 Å². The van der Waals surface area contributed by atoms with Gasteiger partial charge in [0, 0.05) is 11.8 Å². The van der Waals surface area contributed by atoms with E-state index in [1.165, 1.54) is 0 Å². The van der Waals surface area contributed by atoms with Gasteiger partial charge in [0.05, 0.1) is 23.2 Å². The van der Waals surface area contributed by atoms with Gasteiger partial charge in [0.25, 0.3) is 0 Å². The minimum Gasteiger partial charge on any atom is -0.254 e. The highest BCUT2D eigenvalue weighted by atomic mass is 35.5. The van der Waals surface area contributed by atoms with E-state index in [1.54, 1.807) is 12.3 Å². The van der Waals surface area contributed by atoms with Gasteiger partial charge >= 0.3 is 0 Å². The van der Waals surface area contributed by atoms with Crippen LogP contribution in [0.5, 0.6) is 0 Å². The highest BCUT2D eigenvalue weighted by Crippen LogP contribution is 2.23. The first-order valence-electron chi connectivity index (χ1n) is 4.88. The van der Waals surface area contributed by atoms with Gasteiger partial charge in [-0.25, -0.2) is 0 Å². The van der Waals surface area contributed by atoms with Crippen molar-refractivity contribution in [2.45, 2.75) is 6.42 Å². The normalized spacial score (nSPS) is 9.75. The van der Waals surface area contributed by atoms with Crippen molar-refractivity contribution in [2.24, 2.45) is 0 Å². The molecule has 0 aliphatic carbocycles. The fraction of sp³-hybridized carbons (Fsp3) is 0.0769. The lowest BCUT2D eigenvalue weighted by molar-refractivity contribution is 1.20. The molecule has 3 heteroatoms. The Morgan fingerprint density at radius 3 is 2.69 bits per heavy atom. The predicted octanol–water partition coefficient (Wildman–Crippen LogP) is 3.47. The summed E-state index contributed by atoms with van der Waals surface area (Å²) in [5.74, 6) is 0. The molecule has 0 amide bonds. The maximum atomic E-state index is 8.76. The maximum absolute atomic E-state index is 8.76. The van der Waals surface area contributed by atoms with Gasteiger partial charge in [0.1, 0.15) is 0 Å². The Balaban J connectivity index is 2.53. The number of halogens is 1. The van der Waals surface area contributed by atoms with E-state index in [0.717, 1.165) is 16.8 Å². The molecule has 2 nitrogen and oxygen atoms in total. The van der Waals surface area contributed by atoms with E-state index >= 15 is 0 Å². The van der Waals surface area contributed by atoms with E-state index in [9.17, 15) is 0 Å². The SMILES string of the molecule is N#CCc1cc(Cl)cnc1-c1ccccc1. The smallest absolute Gasteiger partial charge is 0.0745 e. The largest absolute Gasteiger partial charge is 0.254 e. The van der Waals surface area contributed by atoms with Crippen molar-refractivity contribution in [1.82, 2.24) is 4.98 Å². The number of aromatic nitrogens is 1. The summed E-state index contributed by atoms with van der Waals surface area (Å²) < 4.78 is 0. The average molecular weight is 229 g/mol. The van der Waals surface area contributed by atoms with Gasteiger partial charge < -0.3 is 0 Å². The fourth-order valence-corrected chi connectivity index (χ4v) is 1.74. The standard InChI is InChI=1S/C13H9ClN2/c14-12-8-11(6-7-15)13(16-9-12)10-4-2-1-3-5-10/h1-5,8-9H,6H2.